The third kappa shape index (κ3) is 4.06. The van der Waals surface area contributed by atoms with Gasteiger partial charge in [0.05, 0.1) is 20.1 Å². The van der Waals surface area contributed by atoms with Gasteiger partial charge in [-0.2, -0.15) is 0 Å². The van der Waals surface area contributed by atoms with Crippen LogP contribution in [0, 0.1) is 6.92 Å². The molecule has 0 radical (unpaired) electrons. The standard InChI is InChI=1S/C15H22O3/c1-11-6-7-13(12(10-11)15(2,3)4)18-9-8-14(16)17-5/h6-7,10H,8-9H2,1-5H3. The Kier molecular flexibility index (Phi) is 4.76. The van der Waals surface area contributed by atoms with Crippen LogP contribution >= 0.6 is 0 Å². The smallest absolute Gasteiger partial charge is 0.308 e. The number of hydrogen-bond acceptors (Lipinski definition) is 3. The predicted molar refractivity (Wildman–Crippen MR) is 72.0 cm³/mol. The summed E-state index contributed by atoms with van der Waals surface area (Å²) in [6, 6.07) is 6.11. The minimum Gasteiger partial charge on any atom is -0.493 e. The molecule has 3 heteroatoms. The third-order valence-corrected chi connectivity index (χ3v) is 2.73. The number of esters is 1. The second-order valence-corrected chi connectivity index (χ2v) is 5.42. The van der Waals surface area contributed by atoms with Crippen LogP contribution in [0.3, 0.4) is 0 Å². The molecule has 0 amide bonds. The van der Waals surface area contributed by atoms with Crippen molar-refractivity contribution in [2.75, 3.05) is 13.7 Å². The van der Waals surface area contributed by atoms with Crippen molar-refractivity contribution in [3.63, 3.8) is 0 Å². The number of hydrogen-bond donors (Lipinski definition) is 0. The zero-order chi connectivity index (χ0) is 13.8. The Morgan fingerprint density at radius 3 is 2.50 bits per heavy atom. The average Bonchev–Trinajstić information content (AvgIpc) is 2.29. The number of methoxy groups -OCH3 is 1. The van der Waals surface area contributed by atoms with E-state index in [1.807, 2.05) is 12.1 Å². The van der Waals surface area contributed by atoms with Gasteiger partial charge in [-0.25, -0.2) is 0 Å². The van der Waals surface area contributed by atoms with E-state index in [2.05, 4.69) is 38.5 Å². The first-order valence-corrected chi connectivity index (χ1v) is 6.15. The van der Waals surface area contributed by atoms with Gasteiger partial charge in [0.1, 0.15) is 5.75 Å². The minimum absolute atomic E-state index is 0.0205. The molecule has 1 aromatic carbocycles. The van der Waals surface area contributed by atoms with E-state index in [4.69, 9.17) is 4.74 Å². The lowest BCUT2D eigenvalue weighted by Crippen LogP contribution is -2.15. The van der Waals surface area contributed by atoms with Crippen molar-refractivity contribution in [1.82, 2.24) is 0 Å². The van der Waals surface area contributed by atoms with Crippen molar-refractivity contribution < 1.29 is 14.3 Å². The summed E-state index contributed by atoms with van der Waals surface area (Å²) in [7, 11) is 1.38. The molecule has 0 unspecified atom stereocenters. The van der Waals surface area contributed by atoms with Gasteiger partial charge in [-0.05, 0) is 24.0 Å². The van der Waals surface area contributed by atoms with Crippen LogP contribution in [0.25, 0.3) is 0 Å². The second-order valence-electron chi connectivity index (χ2n) is 5.42. The Bertz CT molecular complexity index is 416. The lowest BCUT2D eigenvalue weighted by Gasteiger charge is -2.23. The first-order valence-electron chi connectivity index (χ1n) is 6.15. The number of benzene rings is 1. The highest BCUT2D eigenvalue weighted by molar-refractivity contribution is 5.69. The fourth-order valence-electron chi connectivity index (χ4n) is 1.70. The molecule has 0 fully saturated rings. The number of aryl methyl sites for hydroxylation is 1. The summed E-state index contributed by atoms with van der Waals surface area (Å²) in [6.45, 7) is 8.85. The van der Waals surface area contributed by atoms with E-state index in [0.29, 0.717) is 6.61 Å². The van der Waals surface area contributed by atoms with Crippen LogP contribution in [0.4, 0.5) is 0 Å². The predicted octanol–water partition coefficient (Wildman–Crippen LogP) is 3.23. The number of carbonyl (C=O) groups excluding carboxylic acids is 1. The normalized spacial score (nSPS) is 11.2. The van der Waals surface area contributed by atoms with E-state index in [-0.39, 0.29) is 17.8 Å². The van der Waals surface area contributed by atoms with Crippen molar-refractivity contribution in [3.05, 3.63) is 29.3 Å². The quantitative estimate of drug-likeness (QED) is 0.770. The molecule has 0 aliphatic carbocycles. The molecule has 0 heterocycles. The summed E-state index contributed by atoms with van der Waals surface area (Å²) < 4.78 is 10.3. The fraction of sp³-hybridized carbons (Fsp3) is 0.533. The molecule has 0 N–H and O–H groups in total. The Morgan fingerprint density at radius 2 is 1.94 bits per heavy atom. The SMILES string of the molecule is COC(=O)CCOc1ccc(C)cc1C(C)(C)C. The van der Waals surface area contributed by atoms with E-state index in [9.17, 15) is 4.79 Å². The molecule has 1 aromatic rings. The number of rotatable bonds is 4. The van der Waals surface area contributed by atoms with Gasteiger partial charge in [-0.3, -0.25) is 4.79 Å². The largest absolute Gasteiger partial charge is 0.493 e. The molecule has 0 saturated heterocycles. The molecular weight excluding hydrogens is 228 g/mol. The van der Waals surface area contributed by atoms with Crippen LogP contribution in [0.2, 0.25) is 0 Å². The highest BCUT2D eigenvalue weighted by atomic mass is 16.5. The lowest BCUT2D eigenvalue weighted by atomic mass is 9.85. The average molecular weight is 250 g/mol. The molecular formula is C15H22O3. The number of carbonyl (C=O) groups is 1. The molecule has 0 bridgehead atoms. The van der Waals surface area contributed by atoms with Crippen LogP contribution in [-0.4, -0.2) is 19.7 Å². The van der Waals surface area contributed by atoms with E-state index < -0.39 is 0 Å². The summed E-state index contributed by atoms with van der Waals surface area (Å²) in [5, 5.41) is 0. The zero-order valence-electron chi connectivity index (χ0n) is 11.9. The molecule has 0 spiro atoms. The van der Waals surface area contributed by atoms with E-state index in [0.717, 1.165) is 11.3 Å². The van der Waals surface area contributed by atoms with Crippen LogP contribution in [0.5, 0.6) is 5.75 Å². The monoisotopic (exact) mass is 250 g/mol. The Labute approximate surface area is 109 Å². The summed E-state index contributed by atoms with van der Waals surface area (Å²) in [5.74, 6) is 0.594. The summed E-state index contributed by atoms with van der Waals surface area (Å²) in [6.07, 6.45) is 0.272. The molecule has 0 saturated carbocycles. The van der Waals surface area contributed by atoms with E-state index >= 15 is 0 Å². The van der Waals surface area contributed by atoms with Crippen molar-refractivity contribution in [1.29, 1.82) is 0 Å². The van der Waals surface area contributed by atoms with Gasteiger partial charge in [0.15, 0.2) is 0 Å². The minimum atomic E-state index is -0.251. The molecule has 0 aliphatic heterocycles. The lowest BCUT2D eigenvalue weighted by molar-refractivity contribution is -0.141. The van der Waals surface area contributed by atoms with Gasteiger partial charge in [0, 0.05) is 0 Å². The van der Waals surface area contributed by atoms with Crippen molar-refractivity contribution in [2.45, 2.75) is 39.5 Å². The molecule has 0 aromatic heterocycles. The zero-order valence-corrected chi connectivity index (χ0v) is 11.9. The Balaban J connectivity index is 2.79. The van der Waals surface area contributed by atoms with Gasteiger partial charge >= 0.3 is 5.97 Å². The van der Waals surface area contributed by atoms with Crippen molar-refractivity contribution in [2.24, 2.45) is 0 Å². The molecule has 0 aliphatic rings. The van der Waals surface area contributed by atoms with Gasteiger partial charge < -0.3 is 9.47 Å². The second kappa shape index (κ2) is 5.89. The maximum Gasteiger partial charge on any atom is 0.308 e. The van der Waals surface area contributed by atoms with Crippen LogP contribution in [-0.2, 0) is 14.9 Å². The molecule has 18 heavy (non-hydrogen) atoms. The summed E-state index contributed by atoms with van der Waals surface area (Å²) in [4.78, 5) is 11.0. The van der Waals surface area contributed by atoms with Gasteiger partial charge in [-0.15, -0.1) is 0 Å². The first-order chi connectivity index (χ1) is 8.34. The Morgan fingerprint density at radius 1 is 1.28 bits per heavy atom. The summed E-state index contributed by atoms with van der Waals surface area (Å²) in [5.41, 5.74) is 2.39. The first kappa shape index (κ1) is 14.6. The van der Waals surface area contributed by atoms with Gasteiger partial charge in [0.25, 0.3) is 0 Å². The highest BCUT2D eigenvalue weighted by Crippen LogP contribution is 2.32. The maximum absolute atomic E-state index is 11.0. The summed E-state index contributed by atoms with van der Waals surface area (Å²) >= 11 is 0. The molecule has 100 valence electrons. The van der Waals surface area contributed by atoms with E-state index in [1.54, 1.807) is 0 Å². The topological polar surface area (TPSA) is 35.5 Å². The van der Waals surface area contributed by atoms with Crippen LogP contribution in [0.1, 0.15) is 38.3 Å². The Hall–Kier alpha value is -1.51. The van der Waals surface area contributed by atoms with Gasteiger partial charge in [-0.1, -0.05) is 38.5 Å². The van der Waals surface area contributed by atoms with Crippen molar-refractivity contribution in [3.8, 4) is 5.75 Å². The molecule has 1 rings (SSSR count). The highest BCUT2D eigenvalue weighted by Gasteiger charge is 2.19. The third-order valence-electron chi connectivity index (χ3n) is 2.73. The number of ether oxygens (including phenoxy) is 2. The van der Waals surface area contributed by atoms with Crippen molar-refractivity contribution >= 4 is 5.97 Å². The fourth-order valence-corrected chi connectivity index (χ4v) is 1.70. The van der Waals surface area contributed by atoms with Crippen LogP contribution in [0.15, 0.2) is 18.2 Å². The van der Waals surface area contributed by atoms with Gasteiger partial charge in [0.2, 0.25) is 0 Å². The molecule has 3 nitrogen and oxygen atoms in total. The maximum atomic E-state index is 11.0. The molecule has 0 atom stereocenters. The van der Waals surface area contributed by atoms with E-state index in [1.165, 1.54) is 12.7 Å². The van der Waals surface area contributed by atoms with Crippen LogP contribution < -0.4 is 4.74 Å².